The highest BCUT2D eigenvalue weighted by atomic mass is 32.2. The first-order valence-corrected chi connectivity index (χ1v) is 12.5. The Morgan fingerprint density at radius 1 is 1.12 bits per heavy atom. The largest absolute Gasteiger partial charge is 0.350 e. The maximum atomic E-state index is 12.9. The standard InChI is InChI=1S/C19H29N3OS3/c1-11(2)10-24-17-21-22-18(26-17)25-12(3)16(23)20-19-7-13-4-14(8-19)6-15(5-13)9-19/h11-15H,4-10H2,1-3H3,(H,20,23)/t12-,13?,14?,15?,19?/m0/s1. The lowest BCUT2D eigenvalue weighted by Crippen LogP contribution is -2.60. The van der Waals surface area contributed by atoms with Crippen LogP contribution in [-0.2, 0) is 4.79 Å². The first kappa shape index (κ1) is 19.1. The molecule has 1 aromatic rings. The van der Waals surface area contributed by atoms with Crippen LogP contribution in [-0.4, -0.2) is 32.6 Å². The average molecular weight is 412 g/mol. The lowest BCUT2D eigenvalue weighted by molar-refractivity contribution is -0.126. The van der Waals surface area contributed by atoms with E-state index in [0.717, 1.165) is 32.2 Å². The number of amides is 1. The van der Waals surface area contributed by atoms with Gasteiger partial charge in [0.2, 0.25) is 5.91 Å². The van der Waals surface area contributed by atoms with Crippen molar-refractivity contribution in [2.75, 3.05) is 5.75 Å². The van der Waals surface area contributed by atoms with Gasteiger partial charge in [0.05, 0.1) is 5.25 Å². The van der Waals surface area contributed by atoms with E-state index >= 15 is 0 Å². The predicted octanol–water partition coefficient (Wildman–Crippen LogP) is 4.85. The fourth-order valence-corrected chi connectivity index (χ4v) is 8.51. The molecule has 7 heteroatoms. The van der Waals surface area contributed by atoms with Gasteiger partial charge in [-0.05, 0) is 69.1 Å². The molecule has 26 heavy (non-hydrogen) atoms. The summed E-state index contributed by atoms with van der Waals surface area (Å²) < 4.78 is 1.92. The second-order valence-corrected chi connectivity index (χ2v) is 12.8. The van der Waals surface area contributed by atoms with E-state index in [1.54, 1.807) is 34.9 Å². The van der Waals surface area contributed by atoms with E-state index in [9.17, 15) is 4.79 Å². The molecule has 0 aliphatic heterocycles. The van der Waals surface area contributed by atoms with Crippen molar-refractivity contribution in [2.24, 2.45) is 23.7 Å². The van der Waals surface area contributed by atoms with Crippen molar-refractivity contribution in [2.45, 2.75) is 78.8 Å². The molecule has 4 fully saturated rings. The van der Waals surface area contributed by atoms with Gasteiger partial charge in [0, 0.05) is 11.3 Å². The van der Waals surface area contributed by atoms with E-state index in [-0.39, 0.29) is 16.7 Å². The van der Waals surface area contributed by atoms with Gasteiger partial charge in [-0.3, -0.25) is 4.79 Å². The molecule has 0 spiro atoms. The Kier molecular flexibility index (Phi) is 5.59. The summed E-state index contributed by atoms with van der Waals surface area (Å²) in [7, 11) is 0. The number of aromatic nitrogens is 2. The van der Waals surface area contributed by atoms with Crippen LogP contribution >= 0.6 is 34.9 Å². The van der Waals surface area contributed by atoms with Gasteiger partial charge in [-0.1, -0.05) is 48.7 Å². The molecule has 0 saturated heterocycles. The van der Waals surface area contributed by atoms with E-state index in [4.69, 9.17) is 0 Å². The van der Waals surface area contributed by atoms with E-state index in [1.807, 2.05) is 6.92 Å². The zero-order chi connectivity index (χ0) is 18.3. The summed E-state index contributed by atoms with van der Waals surface area (Å²) in [5.74, 6) is 4.45. The highest BCUT2D eigenvalue weighted by molar-refractivity contribution is 8.03. The number of rotatable bonds is 7. The third kappa shape index (κ3) is 4.25. The molecule has 4 aliphatic carbocycles. The van der Waals surface area contributed by atoms with Crippen LogP contribution in [0.5, 0.6) is 0 Å². The normalized spacial score (nSPS) is 33.6. The summed E-state index contributed by atoms with van der Waals surface area (Å²) in [5, 5.41) is 11.9. The van der Waals surface area contributed by atoms with Crippen molar-refractivity contribution >= 4 is 40.8 Å². The second kappa shape index (κ2) is 7.63. The lowest BCUT2D eigenvalue weighted by atomic mass is 9.53. The van der Waals surface area contributed by atoms with Crippen LogP contribution in [0.15, 0.2) is 8.68 Å². The van der Waals surface area contributed by atoms with Crippen LogP contribution in [0.4, 0.5) is 0 Å². The summed E-state index contributed by atoms with van der Waals surface area (Å²) in [5.41, 5.74) is 0.0973. The van der Waals surface area contributed by atoms with Gasteiger partial charge >= 0.3 is 0 Å². The minimum atomic E-state index is -0.112. The molecule has 4 saturated carbocycles. The molecule has 4 bridgehead atoms. The molecule has 0 radical (unpaired) electrons. The highest BCUT2D eigenvalue weighted by Gasteiger charge is 2.51. The van der Waals surface area contributed by atoms with E-state index in [2.05, 4.69) is 29.4 Å². The molecule has 1 N–H and O–H groups in total. The maximum Gasteiger partial charge on any atom is 0.233 e. The van der Waals surface area contributed by atoms with Crippen molar-refractivity contribution < 1.29 is 4.79 Å². The molecule has 1 aromatic heterocycles. The van der Waals surface area contributed by atoms with E-state index < -0.39 is 0 Å². The Morgan fingerprint density at radius 3 is 2.27 bits per heavy atom. The Bertz CT molecular complexity index is 625. The molecule has 4 nitrogen and oxygen atoms in total. The molecule has 1 amide bonds. The Balaban J connectivity index is 1.32. The fraction of sp³-hybridized carbons (Fsp3) is 0.842. The van der Waals surface area contributed by atoms with Crippen molar-refractivity contribution in [3.63, 3.8) is 0 Å². The summed E-state index contributed by atoms with van der Waals surface area (Å²) in [6, 6.07) is 0. The second-order valence-electron chi connectivity index (χ2n) is 8.99. The lowest BCUT2D eigenvalue weighted by Gasteiger charge is -2.57. The summed E-state index contributed by atoms with van der Waals surface area (Å²) >= 11 is 4.93. The van der Waals surface area contributed by atoms with Gasteiger partial charge in [0.25, 0.3) is 0 Å². The van der Waals surface area contributed by atoms with Gasteiger partial charge in [0.15, 0.2) is 8.68 Å². The maximum absolute atomic E-state index is 12.9. The van der Waals surface area contributed by atoms with Crippen LogP contribution in [0.2, 0.25) is 0 Å². The third-order valence-corrected chi connectivity index (χ3v) is 9.67. The molecule has 1 heterocycles. The number of carbonyl (C=O) groups is 1. The van der Waals surface area contributed by atoms with Gasteiger partial charge < -0.3 is 5.32 Å². The summed E-state index contributed by atoms with van der Waals surface area (Å²) in [6.45, 7) is 6.42. The first-order chi connectivity index (χ1) is 12.4. The quantitative estimate of drug-likeness (QED) is 0.650. The van der Waals surface area contributed by atoms with Crippen molar-refractivity contribution in [1.82, 2.24) is 15.5 Å². The number of carbonyl (C=O) groups excluding carboxylic acids is 1. The van der Waals surface area contributed by atoms with Crippen LogP contribution in [0.3, 0.4) is 0 Å². The van der Waals surface area contributed by atoms with Crippen LogP contribution in [0.25, 0.3) is 0 Å². The smallest absolute Gasteiger partial charge is 0.233 e. The topological polar surface area (TPSA) is 54.9 Å². The molecule has 144 valence electrons. The van der Waals surface area contributed by atoms with Gasteiger partial charge in [-0.2, -0.15) is 0 Å². The number of nitrogens with one attached hydrogen (secondary N) is 1. The number of nitrogens with zero attached hydrogens (tertiary/aromatic N) is 2. The molecule has 5 rings (SSSR count). The minimum absolute atomic E-state index is 0.0973. The number of thioether (sulfide) groups is 2. The van der Waals surface area contributed by atoms with E-state index in [0.29, 0.717) is 5.92 Å². The predicted molar refractivity (Wildman–Crippen MR) is 110 cm³/mol. The van der Waals surface area contributed by atoms with Gasteiger partial charge in [-0.15, -0.1) is 10.2 Å². The highest BCUT2D eigenvalue weighted by Crippen LogP contribution is 2.55. The van der Waals surface area contributed by atoms with Crippen molar-refractivity contribution in [3.05, 3.63) is 0 Å². The Labute approximate surface area is 169 Å². The summed E-state index contributed by atoms with van der Waals surface area (Å²) in [6.07, 6.45) is 7.83. The zero-order valence-corrected chi connectivity index (χ0v) is 18.3. The summed E-state index contributed by atoms with van der Waals surface area (Å²) in [4.78, 5) is 12.9. The molecular formula is C19H29N3OS3. The number of hydrogen-bond acceptors (Lipinski definition) is 6. The monoisotopic (exact) mass is 411 g/mol. The van der Waals surface area contributed by atoms with Crippen LogP contribution in [0.1, 0.15) is 59.3 Å². The van der Waals surface area contributed by atoms with Crippen molar-refractivity contribution in [3.8, 4) is 0 Å². The Morgan fingerprint density at radius 2 is 1.69 bits per heavy atom. The van der Waals surface area contributed by atoms with E-state index in [1.165, 1.54) is 38.5 Å². The molecule has 1 atom stereocenters. The molecule has 0 unspecified atom stereocenters. The number of hydrogen-bond donors (Lipinski definition) is 1. The molecular weight excluding hydrogens is 382 g/mol. The van der Waals surface area contributed by atoms with Crippen LogP contribution < -0.4 is 5.32 Å². The molecule has 0 aromatic carbocycles. The molecule has 4 aliphatic rings. The van der Waals surface area contributed by atoms with Crippen LogP contribution in [0, 0.1) is 23.7 Å². The van der Waals surface area contributed by atoms with Gasteiger partial charge in [-0.25, -0.2) is 0 Å². The zero-order valence-electron chi connectivity index (χ0n) is 15.9. The fourth-order valence-electron chi connectivity index (χ4n) is 5.37. The SMILES string of the molecule is CC(C)CSc1nnc(S[C@@H](C)C(=O)NC23CC4CC(CC(C4)C2)C3)s1. The van der Waals surface area contributed by atoms with Crippen molar-refractivity contribution in [1.29, 1.82) is 0 Å². The average Bonchev–Trinajstić information content (AvgIpc) is 2.98. The third-order valence-electron chi connectivity index (χ3n) is 6.00. The first-order valence-electron chi connectivity index (χ1n) is 9.86. The van der Waals surface area contributed by atoms with Gasteiger partial charge in [0.1, 0.15) is 0 Å². The Hall–Kier alpha value is -0.270. The minimum Gasteiger partial charge on any atom is -0.350 e.